The van der Waals surface area contributed by atoms with Crippen LogP contribution in [-0.2, 0) is 9.59 Å². The number of benzene rings is 2. The Hall–Kier alpha value is -2.62. The molecule has 2 aromatic rings. The van der Waals surface area contributed by atoms with Crippen molar-refractivity contribution in [2.24, 2.45) is 11.8 Å². The maximum atomic E-state index is 12.4. The third-order valence-corrected chi connectivity index (χ3v) is 5.29. The molecule has 1 aliphatic rings. The first-order chi connectivity index (χ1) is 12.6. The number of carboxylic acids is 1. The summed E-state index contributed by atoms with van der Waals surface area (Å²) < 4.78 is 0. The first kappa shape index (κ1) is 18.2. The van der Waals surface area contributed by atoms with Gasteiger partial charge in [-0.15, -0.1) is 0 Å². The summed E-state index contributed by atoms with van der Waals surface area (Å²) in [5.41, 5.74) is 2.47. The SMILES string of the molecule is O=C(O)[C@@H]1CC[C@H](C(=O)NCCC(c2ccccc2)c2ccccc2)C1. The third kappa shape index (κ3) is 4.51. The highest BCUT2D eigenvalue weighted by Crippen LogP contribution is 2.31. The van der Waals surface area contributed by atoms with Gasteiger partial charge in [-0.05, 0) is 36.8 Å². The Morgan fingerprint density at radius 3 is 1.96 bits per heavy atom. The normalized spacial score (nSPS) is 19.4. The van der Waals surface area contributed by atoms with Gasteiger partial charge in [0.25, 0.3) is 0 Å². The molecular formula is C22H25NO3. The van der Waals surface area contributed by atoms with Crippen molar-refractivity contribution in [3.63, 3.8) is 0 Å². The van der Waals surface area contributed by atoms with Crippen LogP contribution in [0.25, 0.3) is 0 Å². The van der Waals surface area contributed by atoms with E-state index < -0.39 is 5.97 Å². The number of nitrogens with one attached hydrogen (secondary N) is 1. The highest BCUT2D eigenvalue weighted by Gasteiger charge is 2.33. The van der Waals surface area contributed by atoms with Crippen LogP contribution in [0.1, 0.15) is 42.7 Å². The Morgan fingerprint density at radius 1 is 0.923 bits per heavy atom. The highest BCUT2D eigenvalue weighted by atomic mass is 16.4. The van der Waals surface area contributed by atoms with E-state index in [9.17, 15) is 9.59 Å². The van der Waals surface area contributed by atoms with Gasteiger partial charge in [-0.25, -0.2) is 0 Å². The van der Waals surface area contributed by atoms with Crippen LogP contribution in [0.15, 0.2) is 60.7 Å². The maximum absolute atomic E-state index is 12.4. The van der Waals surface area contributed by atoms with E-state index in [1.165, 1.54) is 11.1 Å². The quantitative estimate of drug-likeness (QED) is 0.797. The van der Waals surface area contributed by atoms with Gasteiger partial charge in [-0.2, -0.15) is 0 Å². The van der Waals surface area contributed by atoms with E-state index in [-0.39, 0.29) is 23.7 Å². The Labute approximate surface area is 154 Å². The van der Waals surface area contributed by atoms with Gasteiger partial charge in [0.15, 0.2) is 0 Å². The number of amides is 1. The van der Waals surface area contributed by atoms with E-state index in [2.05, 4.69) is 29.6 Å². The van der Waals surface area contributed by atoms with Crippen LogP contribution in [0.5, 0.6) is 0 Å². The first-order valence-corrected chi connectivity index (χ1v) is 9.25. The number of carboxylic acid groups (broad SMARTS) is 1. The van der Waals surface area contributed by atoms with Crippen molar-refractivity contribution in [2.75, 3.05) is 6.54 Å². The molecule has 1 saturated carbocycles. The van der Waals surface area contributed by atoms with Crippen LogP contribution < -0.4 is 5.32 Å². The summed E-state index contributed by atoms with van der Waals surface area (Å²) in [6, 6.07) is 20.6. The molecule has 0 saturated heterocycles. The summed E-state index contributed by atoms with van der Waals surface area (Å²) in [7, 11) is 0. The Balaban J connectivity index is 1.59. The fraction of sp³-hybridized carbons (Fsp3) is 0.364. The van der Waals surface area contributed by atoms with Crippen molar-refractivity contribution in [2.45, 2.75) is 31.6 Å². The molecule has 0 aromatic heterocycles. The average molecular weight is 351 g/mol. The van der Waals surface area contributed by atoms with Crippen molar-refractivity contribution in [1.82, 2.24) is 5.32 Å². The van der Waals surface area contributed by atoms with E-state index in [1.54, 1.807) is 0 Å². The lowest BCUT2D eigenvalue weighted by Crippen LogP contribution is -2.31. The summed E-state index contributed by atoms with van der Waals surface area (Å²) in [6.07, 6.45) is 2.55. The van der Waals surface area contributed by atoms with Gasteiger partial charge < -0.3 is 10.4 Å². The predicted molar refractivity (Wildman–Crippen MR) is 101 cm³/mol. The molecule has 2 atom stereocenters. The Bertz CT molecular complexity index is 690. The molecule has 4 nitrogen and oxygen atoms in total. The van der Waals surface area contributed by atoms with Crippen molar-refractivity contribution < 1.29 is 14.7 Å². The zero-order chi connectivity index (χ0) is 18.4. The lowest BCUT2D eigenvalue weighted by Gasteiger charge is -2.19. The minimum atomic E-state index is -0.784. The summed E-state index contributed by atoms with van der Waals surface area (Å²) in [6.45, 7) is 0.585. The van der Waals surface area contributed by atoms with Gasteiger partial charge in [0.2, 0.25) is 5.91 Å². The summed E-state index contributed by atoms with van der Waals surface area (Å²) >= 11 is 0. The molecule has 26 heavy (non-hydrogen) atoms. The van der Waals surface area contributed by atoms with E-state index in [0.29, 0.717) is 25.8 Å². The molecule has 2 aromatic carbocycles. The molecule has 2 N–H and O–H groups in total. The second-order valence-electron chi connectivity index (χ2n) is 7.00. The van der Waals surface area contributed by atoms with E-state index in [0.717, 1.165) is 6.42 Å². The molecule has 0 unspecified atom stereocenters. The fourth-order valence-corrected chi connectivity index (χ4v) is 3.82. The van der Waals surface area contributed by atoms with Crippen LogP contribution >= 0.6 is 0 Å². The Kier molecular flexibility index (Phi) is 6.05. The number of rotatable bonds is 7. The van der Waals surface area contributed by atoms with Gasteiger partial charge in [0, 0.05) is 18.4 Å². The number of hydrogen-bond donors (Lipinski definition) is 2. The van der Waals surface area contributed by atoms with Crippen molar-refractivity contribution >= 4 is 11.9 Å². The monoisotopic (exact) mass is 351 g/mol. The lowest BCUT2D eigenvalue weighted by molar-refractivity contribution is -0.141. The molecule has 0 heterocycles. The van der Waals surface area contributed by atoms with Crippen molar-refractivity contribution in [3.05, 3.63) is 71.8 Å². The topological polar surface area (TPSA) is 66.4 Å². The largest absolute Gasteiger partial charge is 0.481 e. The second-order valence-corrected chi connectivity index (χ2v) is 7.00. The highest BCUT2D eigenvalue weighted by molar-refractivity contribution is 5.80. The van der Waals surface area contributed by atoms with Crippen molar-refractivity contribution in [3.8, 4) is 0 Å². The molecule has 136 valence electrons. The minimum absolute atomic E-state index is 0.00590. The van der Waals surface area contributed by atoms with Gasteiger partial charge in [-0.3, -0.25) is 9.59 Å². The van der Waals surface area contributed by atoms with E-state index in [4.69, 9.17) is 5.11 Å². The van der Waals surface area contributed by atoms with Gasteiger partial charge >= 0.3 is 5.97 Å². The molecule has 0 spiro atoms. The molecule has 0 aliphatic heterocycles. The van der Waals surface area contributed by atoms with Crippen LogP contribution in [-0.4, -0.2) is 23.5 Å². The minimum Gasteiger partial charge on any atom is -0.481 e. The molecule has 4 heteroatoms. The molecule has 0 radical (unpaired) electrons. The third-order valence-electron chi connectivity index (χ3n) is 5.29. The average Bonchev–Trinajstić information content (AvgIpc) is 3.17. The predicted octanol–water partition coefficient (Wildman–Crippen LogP) is 3.83. The van der Waals surface area contributed by atoms with Crippen LogP contribution in [0.2, 0.25) is 0 Å². The van der Waals surface area contributed by atoms with Gasteiger partial charge in [0.1, 0.15) is 0 Å². The second kappa shape index (κ2) is 8.65. The van der Waals surface area contributed by atoms with Crippen LogP contribution in [0.4, 0.5) is 0 Å². The summed E-state index contributed by atoms with van der Waals surface area (Å²) in [4.78, 5) is 23.4. The zero-order valence-corrected chi connectivity index (χ0v) is 14.8. The number of carbonyl (C=O) groups is 2. The van der Waals surface area contributed by atoms with Crippen molar-refractivity contribution in [1.29, 1.82) is 0 Å². The molecule has 0 bridgehead atoms. The standard InChI is InChI=1S/C22H25NO3/c24-21(18-11-12-19(15-18)22(25)26)23-14-13-20(16-7-3-1-4-8-16)17-9-5-2-6-10-17/h1-10,18-20H,11-15H2,(H,23,24)(H,25,26)/t18-,19+/m0/s1. The van der Waals surface area contributed by atoms with E-state index in [1.807, 2.05) is 36.4 Å². The number of aliphatic carboxylic acids is 1. The Morgan fingerprint density at radius 2 is 1.46 bits per heavy atom. The van der Waals surface area contributed by atoms with Crippen LogP contribution in [0, 0.1) is 11.8 Å². The summed E-state index contributed by atoms with van der Waals surface area (Å²) in [5.74, 6) is -1.09. The molecule has 3 rings (SSSR count). The molecular weight excluding hydrogens is 326 g/mol. The molecule has 1 fully saturated rings. The number of hydrogen-bond acceptors (Lipinski definition) is 2. The van der Waals surface area contributed by atoms with Gasteiger partial charge in [-0.1, -0.05) is 60.7 Å². The smallest absolute Gasteiger partial charge is 0.306 e. The van der Waals surface area contributed by atoms with Gasteiger partial charge in [0.05, 0.1) is 5.92 Å². The van der Waals surface area contributed by atoms with Crippen LogP contribution in [0.3, 0.4) is 0 Å². The zero-order valence-electron chi connectivity index (χ0n) is 14.8. The molecule has 1 amide bonds. The molecule has 1 aliphatic carbocycles. The maximum Gasteiger partial charge on any atom is 0.306 e. The fourth-order valence-electron chi connectivity index (χ4n) is 3.82. The number of carbonyl (C=O) groups excluding carboxylic acids is 1. The van der Waals surface area contributed by atoms with E-state index >= 15 is 0 Å². The first-order valence-electron chi connectivity index (χ1n) is 9.25. The lowest BCUT2D eigenvalue weighted by atomic mass is 9.88. The summed E-state index contributed by atoms with van der Waals surface area (Å²) in [5, 5.41) is 12.1.